The van der Waals surface area contributed by atoms with Crippen LogP contribution in [0.4, 0.5) is 0 Å². The fraction of sp³-hybridized carbons (Fsp3) is 0.182. The summed E-state index contributed by atoms with van der Waals surface area (Å²) in [6.45, 7) is 1.36. The molecule has 0 saturated heterocycles. The van der Waals surface area contributed by atoms with Gasteiger partial charge in [-0.05, 0) is 35.8 Å². The summed E-state index contributed by atoms with van der Waals surface area (Å²) < 4.78 is 12.3. The Labute approximate surface area is 193 Å². The summed E-state index contributed by atoms with van der Waals surface area (Å²) in [4.78, 5) is 23.3. The van der Waals surface area contributed by atoms with Gasteiger partial charge in [-0.2, -0.15) is 9.83 Å². The molecule has 1 aromatic heterocycles. The van der Waals surface area contributed by atoms with E-state index in [0.717, 1.165) is 5.03 Å². The molecule has 1 aliphatic heterocycles. The molecule has 2 aromatic rings. The SMILES string of the molecule is N#CC(=C\C=C1/SC=CN1CCOC=O)/C=C/c1oc2ccc(Cl)cc2[n+]1CCC(=O)O. The normalized spacial score (nSPS) is 15.1. The molecular weight excluding hydrogens is 454 g/mol. The van der Waals surface area contributed by atoms with Crippen LogP contribution in [0.5, 0.6) is 0 Å². The van der Waals surface area contributed by atoms with Crippen LogP contribution in [0, 0.1) is 11.3 Å². The van der Waals surface area contributed by atoms with Crippen LogP contribution in [0.1, 0.15) is 12.3 Å². The molecule has 0 fully saturated rings. The van der Waals surface area contributed by atoms with Crippen molar-refractivity contribution >= 4 is 53.0 Å². The number of rotatable bonds is 10. The molecular formula is C22H19ClN3O5S+. The molecule has 32 heavy (non-hydrogen) atoms. The Kier molecular flexibility index (Phi) is 8.14. The van der Waals surface area contributed by atoms with E-state index in [2.05, 4.69) is 6.07 Å². The van der Waals surface area contributed by atoms with Crippen LogP contribution in [0.15, 0.2) is 63.1 Å². The average molecular weight is 473 g/mol. The molecule has 0 unspecified atom stereocenters. The number of aliphatic carboxylic acids is 1. The van der Waals surface area contributed by atoms with Crippen LogP contribution in [0.3, 0.4) is 0 Å². The van der Waals surface area contributed by atoms with Crippen molar-refractivity contribution in [2.24, 2.45) is 0 Å². The number of ether oxygens (including phenoxy) is 1. The van der Waals surface area contributed by atoms with Gasteiger partial charge in [0.25, 0.3) is 12.0 Å². The van der Waals surface area contributed by atoms with Gasteiger partial charge in [-0.3, -0.25) is 9.59 Å². The van der Waals surface area contributed by atoms with Gasteiger partial charge < -0.3 is 19.2 Å². The zero-order valence-corrected chi connectivity index (χ0v) is 18.4. The molecule has 1 N–H and O–H groups in total. The van der Waals surface area contributed by atoms with E-state index in [0.29, 0.717) is 40.6 Å². The molecule has 0 atom stereocenters. The van der Waals surface area contributed by atoms with E-state index >= 15 is 0 Å². The van der Waals surface area contributed by atoms with Gasteiger partial charge in [0.2, 0.25) is 5.58 Å². The number of carbonyl (C=O) groups is 2. The van der Waals surface area contributed by atoms with E-state index in [9.17, 15) is 14.9 Å². The second-order valence-corrected chi connectivity index (χ2v) is 7.85. The number of carboxylic acid groups (broad SMARTS) is 1. The third-order valence-corrected chi connectivity index (χ3v) is 5.52. The monoisotopic (exact) mass is 472 g/mol. The van der Waals surface area contributed by atoms with E-state index < -0.39 is 5.97 Å². The zero-order valence-electron chi connectivity index (χ0n) is 16.8. The van der Waals surface area contributed by atoms with E-state index in [4.69, 9.17) is 25.9 Å². The van der Waals surface area contributed by atoms with Crippen molar-refractivity contribution in [2.45, 2.75) is 13.0 Å². The van der Waals surface area contributed by atoms with Crippen LogP contribution in [-0.4, -0.2) is 35.6 Å². The standard InChI is InChI=1S/C22H18ClN3O5S/c23-17-3-4-19-18(13-17)26(8-7-22(28)29)20(31-19)5-1-16(14-24)2-6-21-25(10-12-32-21)9-11-30-15-27/h1-6,10,12-13,15H,7-9,11H2/p+1. The number of allylic oxidation sites excluding steroid dienone is 4. The predicted molar refractivity (Wildman–Crippen MR) is 120 cm³/mol. The average Bonchev–Trinajstić information content (AvgIpc) is 3.36. The third-order valence-electron chi connectivity index (χ3n) is 4.41. The quantitative estimate of drug-likeness (QED) is 0.183. The summed E-state index contributed by atoms with van der Waals surface area (Å²) in [5.41, 5.74) is 1.60. The number of hydrogen-bond donors (Lipinski definition) is 1. The van der Waals surface area contributed by atoms with Crippen molar-refractivity contribution in [1.82, 2.24) is 4.90 Å². The number of hydrogen-bond acceptors (Lipinski definition) is 7. The van der Waals surface area contributed by atoms with Crippen molar-refractivity contribution < 1.29 is 28.4 Å². The van der Waals surface area contributed by atoms with Gasteiger partial charge >= 0.3 is 11.9 Å². The van der Waals surface area contributed by atoms with E-state index in [-0.39, 0.29) is 19.6 Å². The molecule has 10 heteroatoms. The Morgan fingerprint density at radius 1 is 1.44 bits per heavy atom. The van der Waals surface area contributed by atoms with Gasteiger partial charge in [-0.25, -0.2) is 0 Å². The Balaban J connectivity index is 1.83. The minimum Gasteiger partial charge on any atom is -0.481 e. The minimum absolute atomic E-state index is 0.0897. The highest BCUT2D eigenvalue weighted by atomic mass is 35.5. The number of carbonyl (C=O) groups excluding carboxylic acids is 1. The second kappa shape index (κ2) is 11.2. The maximum Gasteiger partial charge on any atom is 0.374 e. The first-order chi connectivity index (χ1) is 15.5. The number of aromatic nitrogens is 1. The smallest absolute Gasteiger partial charge is 0.374 e. The van der Waals surface area contributed by atoms with Crippen molar-refractivity contribution in [3.8, 4) is 6.07 Å². The number of oxazole rings is 1. The maximum atomic E-state index is 11.1. The summed E-state index contributed by atoms with van der Waals surface area (Å²) in [6.07, 6.45) is 8.46. The molecule has 0 amide bonds. The van der Waals surface area contributed by atoms with Crippen LogP contribution in [0.2, 0.25) is 5.02 Å². The summed E-state index contributed by atoms with van der Waals surface area (Å²) in [6, 6.07) is 7.23. The van der Waals surface area contributed by atoms with Gasteiger partial charge in [0, 0.05) is 17.3 Å². The molecule has 0 radical (unpaired) electrons. The summed E-state index contributed by atoms with van der Waals surface area (Å²) in [7, 11) is 0. The van der Waals surface area contributed by atoms with Crippen LogP contribution in [-0.2, 0) is 20.9 Å². The highest BCUT2D eigenvalue weighted by Gasteiger charge is 2.22. The van der Waals surface area contributed by atoms with Gasteiger partial charge in [-0.15, -0.1) is 0 Å². The lowest BCUT2D eigenvalue weighted by molar-refractivity contribution is -0.676. The molecule has 3 rings (SSSR count). The summed E-state index contributed by atoms with van der Waals surface area (Å²) in [5, 5.41) is 21.9. The number of carboxylic acids is 1. The zero-order chi connectivity index (χ0) is 22.9. The number of benzene rings is 1. The first-order valence-electron chi connectivity index (χ1n) is 9.51. The first-order valence-corrected chi connectivity index (χ1v) is 10.8. The molecule has 2 heterocycles. The predicted octanol–water partition coefficient (Wildman–Crippen LogP) is 3.85. The Hall–Kier alpha value is -3.48. The number of halogens is 1. The van der Waals surface area contributed by atoms with Gasteiger partial charge in [-0.1, -0.05) is 23.4 Å². The Morgan fingerprint density at radius 3 is 3.03 bits per heavy atom. The molecule has 0 bridgehead atoms. The Morgan fingerprint density at radius 2 is 2.28 bits per heavy atom. The molecule has 0 aliphatic carbocycles. The van der Waals surface area contributed by atoms with Crippen molar-refractivity contribution in [1.29, 1.82) is 5.26 Å². The molecule has 164 valence electrons. The van der Waals surface area contributed by atoms with E-state index in [1.807, 2.05) is 16.5 Å². The van der Waals surface area contributed by atoms with Crippen LogP contribution in [0.25, 0.3) is 17.2 Å². The maximum absolute atomic E-state index is 11.1. The Bertz CT molecular complexity index is 1180. The number of aryl methyl sites for hydroxylation is 1. The lowest BCUT2D eigenvalue weighted by atomic mass is 10.2. The van der Waals surface area contributed by atoms with E-state index in [1.165, 1.54) is 11.8 Å². The third kappa shape index (κ3) is 6.03. The number of nitriles is 1. The fourth-order valence-corrected chi connectivity index (χ4v) is 3.87. The summed E-state index contributed by atoms with van der Waals surface area (Å²) in [5.74, 6) is -0.527. The largest absolute Gasteiger partial charge is 0.481 e. The van der Waals surface area contributed by atoms with Crippen LogP contribution < -0.4 is 4.57 Å². The molecule has 0 saturated carbocycles. The number of nitrogens with zero attached hydrogens (tertiary/aromatic N) is 3. The number of fused-ring (bicyclic) bond motifs is 1. The van der Waals surface area contributed by atoms with Crippen molar-refractivity contribution in [3.63, 3.8) is 0 Å². The first kappa shape index (κ1) is 23.2. The molecule has 1 aromatic carbocycles. The molecule has 1 aliphatic rings. The summed E-state index contributed by atoms with van der Waals surface area (Å²) >= 11 is 7.57. The lowest BCUT2D eigenvalue weighted by Crippen LogP contribution is -2.36. The topological polar surface area (TPSA) is 108 Å². The van der Waals surface area contributed by atoms with E-state index in [1.54, 1.807) is 47.1 Å². The highest BCUT2D eigenvalue weighted by molar-refractivity contribution is 8.06. The minimum atomic E-state index is -0.932. The van der Waals surface area contributed by atoms with Crippen LogP contribution >= 0.6 is 23.4 Å². The molecule has 0 spiro atoms. The highest BCUT2D eigenvalue weighted by Crippen LogP contribution is 2.29. The van der Waals surface area contributed by atoms with Gasteiger partial charge in [0.1, 0.15) is 13.0 Å². The fourth-order valence-electron chi connectivity index (χ4n) is 2.92. The number of thioether (sulfide) groups is 1. The second-order valence-electron chi connectivity index (χ2n) is 6.48. The lowest BCUT2D eigenvalue weighted by Gasteiger charge is -2.15. The van der Waals surface area contributed by atoms with Gasteiger partial charge in [0.05, 0.1) is 29.3 Å². The van der Waals surface area contributed by atoms with Crippen molar-refractivity contribution in [2.75, 3.05) is 13.2 Å². The van der Waals surface area contributed by atoms with Gasteiger partial charge in [0.15, 0.2) is 6.54 Å². The molecule has 8 nitrogen and oxygen atoms in total. The van der Waals surface area contributed by atoms with Crippen molar-refractivity contribution in [3.05, 3.63) is 69.6 Å².